The summed E-state index contributed by atoms with van der Waals surface area (Å²) in [6, 6.07) is 1.60. The van der Waals surface area contributed by atoms with E-state index in [0.29, 0.717) is 5.56 Å². The molecule has 0 saturated carbocycles. The molecule has 0 aromatic carbocycles. The summed E-state index contributed by atoms with van der Waals surface area (Å²) in [6.45, 7) is 1.33. The normalized spacial score (nSPS) is 9.79. The van der Waals surface area contributed by atoms with Crippen LogP contribution in [0.3, 0.4) is 0 Å². The second-order valence-corrected chi connectivity index (χ2v) is 3.12. The molecule has 0 aliphatic rings. The van der Waals surface area contributed by atoms with E-state index in [1.165, 1.54) is 13.1 Å². The Hall–Kier alpha value is -1.71. The maximum absolute atomic E-state index is 11.3. The zero-order valence-corrected chi connectivity index (χ0v) is 7.87. The highest BCUT2D eigenvalue weighted by Gasteiger charge is 2.13. The monoisotopic (exact) mass is 193 g/mol. The number of nitrogens with one attached hydrogen (secondary N) is 1. The number of ketones is 3. The average molecular weight is 193 g/mol. The molecule has 0 fully saturated rings. The first-order valence-electron chi connectivity index (χ1n) is 4.26. The molecule has 1 heterocycles. The summed E-state index contributed by atoms with van der Waals surface area (Å²) in [4.78, 5) is 35.8. The minimum atomic E-state index is -0.330. The molecule has 14 heavy (non-hydrogen) atoms. The van der Waals surface area contributed by atoms with Gasteiger partial charge in [-0.2, -0.15) is 0 Å². The van der Waals surface area contributed by atoms with Crippen molar-refractivity contribution in [2.24, 2.45) is 0 Å². The van der Waals surface area contributed by atoms with Crippen molar-refractivity contribution in [3.05, 3.63) is 24.0 Å². The molecule has 0 atom stereocenters. The van der Waals surface area contributed by atoms with E-state index in [1.807, 2.05) is 0 Å². The number of H-pyrrole nitrogens is 1. The van der Waals surface area contributed by atoms with E-state index in [1.54, 1.807) is 12.3 Å². The SMILES string of the molecule is CC(=O)CC(=O)CC(=O)c1cc[nH]c1. The van der Waals surface area contributed by atoms with E-state index in [-0.39, 0.29) is 30.2 Å². The molecule has 4 heteroatoms. The zero-order valence-electron chi connectivity index (χ0n) is 7.87. The van der Waals surface area contributed by atoms with Crippen molar-refractivity contribution < 1.29 is 14.4 Å². The van der Waals surface area contributed by atoms with Crippen LogP contribution >= 0.6 is 0 Å². The van der Waals surface area contributed by atoms with Gasteiger partial charge in [0.05, 0.1) is 12.8 Å². The van der Waals surface area contributed by atoms with Crippen LogP contribution in [0.4, 0.5) is 0 Å². The van der Waals surface area contributed by atoms with Gasteiger partial charge in [-0.25, -0.2) is 0 Å². The lowest BCUT2D eigenvalue weighted by Crippen LogP contribution is -2.10. The summed E-state index contributed by atoms with van der Waals surface area (Å²) < 4.78 is 0. The van der Waals surface area contributed by atoms with Crippen molar-refractivity contribution in [1.29, 1.82) is 0 Å². The van der Waals surface area contributed by atoms with Gasteiger partial charge in [-0.05, 0) is 13.0 Å². The van der Waals surface area contributed by atoms with Crippen molar-refractivity contribution >= 4 is 17.3 Å². The first kappa shape index (κ1) is 10.4. The molecule has 4 nitrogen and oxygen atoms in total. The fraction of sp³-hybridized carbons (Fsp3) is 0.300. The second kappa shape index (κ2) is 4.50. The number of aromatic nitrogens is 1. The Morgan fingerprint density at radius 2 is 2.00 bits per heavy atom. The number of carbonyl (C=O) groups is 3. The number of rotatable bonds is 5. The number of hydrogen-bond acceptors (Lipinski definition) is 3. The Kier molecular flexibility index (Phi) is 3.34. The Morgan fingerprint density at radius 3 is 2.50 bits per heavy atom. The van der Waals surface area contributed by atoms with Gasteiger partial charge < -0.3 is 4.98 Å². The molecule has 0 saturated heterocycles. The van der Waals surface area contributed by atoms with Gasteiger partial charge >= 0.3 is 0 Å². The van der Waals surface area contributed by atoms with Gasteiger partial charge in [0.1, 0.15) is 11.6 Å². The lowest BCUT2D eigenvalue weighted by Gasteiger charge is -1.95. The fourth-order valence-corrected chi connectivity index (χ4v) is 1.12. The maximum Gasteiger partial charge on any atom is 0.171 e. The van der Waals surface area contributed by atoms with Gasteiger partial charge in [-0.1, -0.05) is 0 Å². The standard InChI is InChI=1S/C10H11NO3/c1-7(12)4-9(13)5-10(14)8-2-3-11-6-8/h2-3,6,11H,4-5H2,1H3. The summed E-state index contributed by atoms with van der Waals surface area (Å²) in [5.41, 5.74) is 0.474. The van der Waals surface area contributed by atoms with Crippen LogP contribution in [-0.2, 0) is 9.59 Å². The van der Waals surface area contributed by atoms with E-state index in [4.69, 9.17) is 0 Å². The zero-order chi connectivity index (χ0) is 10.6. The number of hydrogen-bond donors (Lipinski definition) is 1. The van der Waals surface area contributed by atoms with E-state index in [2.05, 4.69) is 4.98 Å². The van der Waals surface area contributed by atoms with E-state index in [9.17, 15) is 14.4 Å². The van der Waals surface area contributed by atoms with Crippen molar-refractivity contribution in [2.75, 3.05) is 0 Å². The molecule has 0 spiro atoms. The van der Waals surface area contributed by atoms with Crippen molar-refractivity contribution in [1.82, 2.24) is 4.98 Å². The van der Waals surface area contributed by atoms with Crippen LogP contribution in [0.2, 0.25) is 0 Å². The molecule has 0 radical (unpaired) electrons. The quantitative estimate of drug-likeness (QED) is 0.563. The third-order valence-corrected chi connectivity index (χ3v) is 1.72. The Labute approximate surface area is 81.3 Å². The molecule has 0 amide bonds. The lowest BCUT2D eigenvalue weighted by molar-refractivity contribution is -0.125. The van der Waals surface area contributed by atoms with Crippen LogP contribution in [0.5, 0.6) is 0 Å². The molecule has 0 unspecified atom stereocenters. The highest BCUT2D eigenvalue weighted by Crippen LogP contribution is 2.03. The largest absolute Gasteiger partial charge is 0.367 e. The van der Waals surface area contributed by atoms with Crippen LogP contribution in [0.15, 0.2) is 18.5 Å². The summed E-state index contributed by atoms with van der Waals surface area (Å²) in [6.07, 6.45) is 2.79. The number of aromatic amines is 1. The molecule has 1 aromatic rings. The fourth-order valence-electron chi connectivity index (χ4n) is 1.12. The molecular weight excluding hydrogens is 182 g/mol. The third-order valence-electron chi connectivity index (χ3n) is 1.72. The average Bonchev–Trinajstić information content (AvgIpc) is 2.53. The molecule has 1 aromatic heterocycles. The maximum atomic E-state index is 11.3. The smallest absolute Gasteiger partial charge is 0.171 e. The van der Waals surface area contributed by atoms with E-state index < -0.39 is 0 Å². The molecule has 1 N–H and O–H groups in total. The number of carbonyl (C=O) groups excluding carboxylic acids is 3. The first-order valence-corrected chi connectivity index (χ1v) is 4.26. The summed E-state index contributed by atoms with van der Waals surface area (Å²) in [7, 11) is 0. The predicted molar refractivity (Wildman–Crippen MR) is 50.0 cm³/mol. The number of Topliss-reactive ketones (excluding diaryl/α,β-unsaturated/α-hetero) is 3. The topological polar surface area (TPSA) is 67.0 Å². The molecule has 0 bridgehead atoms. The van der Waals surface area contributed by atoms with Gasteiger partial charge in [0.2, 0.25) is 0 Å². The molecule has 0 aliphatic heterocycles. The van der Waals surface area contributed by atoms with E-state index >= 15 is 0 Å². The predicted octanol–water partition coefficient (Wildman–Crippen LogP) is 1.14. The Morgan fingerprint density at radius 1 is 1.29 bits per heavy atom. The van der Waals surface area contributed by atoms with Crippen molar-refractivity contribution in [3.63, 3.8) is 0 Å². The van der Waals surface area contributed by atoms with Crippen molar-refractivity contribution in [2.45, 2.75) is 19.8 Å². The minimum Gasteiger partial charge on any atom is -0.367 e. The van der Waals surface area contributed by atoms with Crippen LogP contribution in [-0.4, -0.2) is 22.3 Å². The van der Waals surface area contributed by atoms with Gasteiger partial charge in [0.15, 0.2) is 5.78 Å². The Bertz CT molecular complexity index is 351. The van der Waals surface area contributed by atoms with Crippen LogP contribution < -0.4 is 0 Å². The molecule has 0 aliphatic carbocycles. The molecular formula is C10H11NO3. The van der Waals surface area contributed by atoms with Crippen LogP contribution in [0, 0.1) is 0 Å². The third kappa shape index (κ3) is 2.97. The van der Waals surface area contributed by atoms with Gasteiger partial charge in [0.25, 0.3) is 0 Å². The molecule has 74 valence electrons. The highest BCUT2D eigenvalue weighted by atomic mass is 16.2. The summed E-state index contributed by atoms with van der Waals surface area (Å²) in [5.74, 6) is -0.793. The van der Waals surface area contributed by atoms with Crippen LogP contribution in [0.1, 0.15) is 30.1 Å². The second-order valence-electron chi connectivity index (χ2n) is 3.12. The van der Waals surface area contributed by atoms with Gasteiger partial charge in [-0.15, -0.1) is 0 Å². The lowest BCUT2D eigenvalue weighted by atomic mass is 10.1. The first-order chi connectivity index (χ1) is 6.59. The van der Waals surface area contributed by atoms with E-state index in [0.717, 1.165) is 0 Å². The van der Waals surface area contributed by atoms with Crippen LogP contribution in [0.25, 0.3) is 0 Å². The Balaban J connectivity index is 2.50. The van der Waals surface area contributed by atoms with Gasteiger partial charge in [-0.3, -0.25) is 14.4 Å². The summed E-state index contributed by atoms with van der Waals surface area (Å²) >= 11 is 0. The minimum absolute atomic E-state index is 0.157. The van der Waals surface area contributed by atoms with Crippen molar-refractivity contribution in [3.8, 4) is 0 Å². The highest BCUT2D eigenvalue weighted by molar-refractivity contribution is 6.11. The molecule has 1 rings (SSSR count). The summed E-state index contributed by atoms with van der Waals surface area (Å²) in [5, 5.41) is 0. The van der Waals surface area contributed by atoms with Gasteiger partial charge in [0, 0.05) is 18.0 Å².